The van der Waals surface area contributed by atoms with E-state index in [1.54, 1.807) is 38.1 Å². The second kappa shape index (κ2) is 11.9. The highest BCUT2D eigenvalue weighted by Crippen LogP contribution is 2.16. The van der Waals surface area contributed by atoms with Crippen molar-refractivity contribution in [2.24, 2.45) is 5.92 Å². The van der Waals surface area contributed by atoms with Crippen LogP contribution < -0.4 is 20.1 Å². The Hall–Kier alpha value is -3.51. The fraction of sp³-hybridized carbons (Fsp3) is 0.333. The third-order valence-electron chi connectivity index (χ3n) is 4.43. The number of hydrogen-bond donors (Lipinski definition) is 3. The Labute approximate surface area is 191 Å². The first-order valence-corrected chi connectivity index (χ1v) is 11.6. The zero-order valence-electron chi connectivity index (χ0n) is 18.2. The molecule has 0 heterocycles. The molecule has 0 saturated carbocycles. The molecule has 0 spiro atoms. The van der Waals surface area contributed by atoms with E-state index in [0.29, 0.717) is 5.75 Å². The van der Waals surface area contributed by atoms with Crippen molar-refractivity contribution in [2.45, 2.75) is 24.8 Å². The molecule has 0 aromatic heterocycles. The van der Waals surface area contributed by atoms with Crippen LogP contribution in [0.3, 0.4) is 0 Å². The van der Waals surface area contributed by atoms with Gasteiger partial charge in [0.15, 0.2) is 6.61 Å². The van der Waals surface area contributed by atoms with Gasteiger partial charge in [0, 0.05) is 25.2 Å². The number of nitrogens with one attached hydrogen (secondary N) is 3. The number of sulfonamides is 1. The molecule has 2 rings (SSSR count). The van der Waals surface area contributed by atoms with Crippen LogP contribution >= 0.6 is 0 Å². The van der Waals surface area contributed by atoms with Crippen LogP contribution in [0.1, 0.15) is 13.8 Å². The summed E-state index contributed by atoms with van der Waals surface area (Å²) in [5.74, 6) is -0.659. The Morgan fingerprint density at radius 2 is 1.76 bits per heavy atom. The Bertz CT molecular complexity index is 1080. The van der Waals surface area contributed by atoms with E-state index in [-0.39, 0.29) is 36.2 Å². The van der Waals surface area contributed by atoms with E-state index in [1.165, 1.54) is 18.2 Å². The smallest absolute Gasteiger partial charge is 0.270 e. The van der Waals surface area contributed by atoms with E-state index in [4.69, 9.17) is 4.74 Å². The van der Waals surface area contributed by atoms with Crippen molar-refractivity contribution in [2.75, 3.05) is 19.7 Å². The Morgan fingerprint density at radius 3 is 2.39 bits per heavy atom. The predicted molar refractivity (Wildman–Crippen MR) is 120 cm³/mol. The minimum atomic E-state index is -4.00. The van der Waals surface area contributed by atoms with Gasteiger partial charge in [0.05, 0.1) is 9.82 Å². The van der Waals surface area contributed by atoms with Crippen LogP contribution in [0.4, 0.5) is 5.69 Å². The van der Waals surface area contributed by atoms with Crippen LogP contribution in [0, 0.1) is 16.0 Å². The number of hydrogen-bond acceptors (Lipinski definition) is 7. The molecule has 0 saturated heterocycles. The molecular formula is C21H26N4O7S. The molecule has 0 aliphatic carbocycles. The molecule has 0 bridgehead atoms. The highest BCUT2D eigenvalue weighted by molar-refractivity contribution is 7.89. The molecule has 2 aromatic carbocycles. The second-order valence-corrected chi connectivity index (χ2v) is 9.10. The fourth-order valence-electron chi connectivity index (χ4n) is 2.74. The monoisotopic (exact) mass is 478 g/mol. The minimum absolute atomic E-state index is 0.0490. The van der Waals surface area contributed by atoms with Gasteiger partial charge in [0.25, 0.3) is 11.6 Å². The molecule has 33 heavy (non-hydrogen) atoms. The molecule has 11 nitrogen and oxygen atoms in total. The van der Waals surface area contributed by atoms with E-state index >= 15 is 0 Å². The number of rotatable bonds is 12. The van der Waals surface area contributed by atoms with Crippen LogP contribution in [-0.4, -0.2) is 50.9 Å². The van der Waals surface area contributed by atoms with Crippen LogP contribution in [0.15, 0.2) is 59.5 Å². The van der Waals surface area contributed by atoms with Gasteiger partial charge in [-0.05, 0) is 24.1 Å². The van der Waals surface area contributed by atoms with Gasteiger partial charge in [-0.1, -0.05) is 38.1 Å². The highest BCUT2D eigenvalue weighted by atomic mass is 32.2. The molecule has 2 amide bonds. The number of nitro benzene ring substituents is 1. The second-order valence-electron chi connectivity index (χ2n) is 7.33. The average molecular weight is 479 g/mol. The number of carbonyl (C=O) groups excluding carboxylic acids is 2. The van der Waals surface area contributed by atoms with E-state index in [1.807, 2.05) is 6.07 Å². The summed E-state index contributed by atoms with van der Waals surface area (Å²) >= 11 is 0. The zero-order valence-corrected chi connectivity index (χ0v) is 19.0. The number of non-ortho nitro benzene ring substituents is 1. The summed E-state index contributed by atoms with van der Waals surface area (Å²) in [6.07, 6.45) is 0. The molecule has 0 fully saturated rings. The Morgan fingerprint density at radius 1 is 1.06 bits per heavy atom. The summed E-state index contributed by atoms with van der Waals surface area (Å²) in [7, 11) is -4.00. The molecular weight excluding hydrogens is 452 g/mol. The van der Waals surface area contributed by atoms with Crippen molar-refractivity contribution in [1.82, 2.24) is 15.4 Å². The Balaban J connectivity index is 1.83. The van der Waals surface area contributed by atoms with Gasteiger partial charge in [0.2, 0.25) is 15.9 Å². The molecule has 0 aliphatic heterocycles. The van der Waals surface area contributed by atoms with Crippen molar-refractivity contribution >= 4 is 27.5 Å². The molecule has 1 atom stereocenters. The van der Waals surface area contributed by atoms with Crippen molar-refractivity contribution in [1.29, 1.82) is 0 Å². The van der Waals surface area contributed by atoms with Crippen LogP contribution in [0.2, 0.25) is 0 Å². The maximum Gasteiger partial charge on any atom is 0.270 e. The number of benzene rings is 2. The lowest BCUT2D eigenvalue weighted by molar-refractivity contribution is -0.385. The van der Waals surface area contributed by atoms with Gasteiger partial charge in [-0.2, -0.15) is 0 Å². The third-order valence-corrected chi connectivity index (χ3v) is 5.89. The number of carbonyl (C=O) groups is 2. The van der Waals surface area contributed by atoms with Crippen molar-refractivity contribution in [3.05, 3.63) is 64.7 Å². The lowest BCUT2D eigenvalue weighted by atomic mass is 10.0. The largest absolute Gasteiger partial charge is 0.484 e. The van der Waals surface area contributed by atoms with Crippen LogP contribution in [0.5, 0.6) is 5.75 Å². The summed E-state index contributed by atoms with van der Waals surface area (Å²) in [5, 5.41) is 16.0. The molecule has 2 aromatic rings. The van der Waals surface area contributed by atoms with Gasteiger partial charge in [-0.15, -0.1) is 0 Å². The van der Waals surface area contributed by atoms with Crippen LogP contribution in [-0.2, 0) is 19.6 Å². The minimum Gasteiger partial charge on any atom is -0.484 e. The first-order chi connectivity index (χ1) is 15.6. The van der Waals surface area contributed by atoms with Gasteiger partial charge in [-0.3, -0.25) is 19.7 Å². The standard InChI is InChI=1S/C21H26N4O7S/c1-15(2)20(24-19(26)14-32-17-8-4-3-5-9-17)21(27)22-11-12-23-33(30,31)18-10-6-7-16(13-18)25(28)29/h3-10,13,15,20,23H,11-12,14H2,1-2H3,(H,22,27)(H,24,26). The van der Waals surface area contributed by atoms with Gasteiger partial charge < -0.3 is 15.4 Å². The van der Waals surface area contributed by atoms with E-state index in [2.05, 4.69) is 15.4 Å². The molecule has 3 N–H and O–H groups in total. The maximum atomic E-state index is 12.5. The lowest BCUT2D eigenvalue weighted by Crippen LogP contribution is -2.51. The van der Waals surface area contributed by atoms with Crippen molar-refractivity contribution < 1.29 is 27.7 Å². The molecule has 12 heteroatoms. The normalized spacial score (nSPS) is 12.1. The average Bonchev–Trinajstić information content (AvgIpc) is 2.79. The summed E-state index contributed by atoms with van der Waals surface area (Å²) in [4.78, 5) is 34.5. The van der Waals surface area contributed by atoms with E-state index < -0.39 is 32.8 Å². The van der Waals surface area contributed by atoms with Crippen molar-refractivity contribution in [3.63, 3.8) is 0 Å². The number of amides is 2. The highest BCUT2D eigenvalue weighted by Gasteiger charge is 2.24. The Kier molecular flexibility index (Phi) is 9.30. The topological polar surface area (TPSA) is 157 Å². The van der Waals surface area contributed by atoms with Crippen LogP contribution in [0.25, 0.3) is 0 Å². The number of ether oxygens (including phenoxy) is 1. The molecule has 1 unspecified atom stereocenters. The first-order valence-electron chi connectivity index (χ1n) is 10.1. The SMILES string of the molecule is CC(C)C(NC(=O)COc1ccccc1)C(=O)NCCNS(=O)(=O)c1cccc([N+](=O)[O-])c1. The fourth-order valence-corrected chi connectivity index (χ4v) is 3.82. The number of nitrogens with zero attached hydrogens (tertiary/aromatic N) is 1. The number of para-hydroxylation sites is 1. The van der Waals surface area contributed by atoms with Gasteiger partial charge in [-0.25, -0.2) is 13.1 Å². The van der Waals surface area contributed by atoms with E-state index in [0.717, 1.165) is 6.07 Å². The molecule has 178 valence electrons. The maximum absolute atomic E-state index is 12.5. The predicted octanol–water partition coefficient (Wildman–Crippen LogP) is 1.21. The zero-order chi connectivity index (χ0) is 24.4. The summed E-state index contributed by atoms with van der Waals surface area (Å²) in [6.45, 7) is 3.06. The quantitative estimate of drug-likeness (QED) is 0.235. The van der Waals surface area contributed by atoms with Crippen molar-refractivity contribution in [3.8, 4) is 5.75 Å². The third kappa shape index (κ3) is 8.16. The van der Waals surface area contributed by atoms with Gasteiger partial charge >= 0.3 is 0 Å². The summed E-state index contributed by atoms with van der Waals surface area (Å²) in [5.41, 5.74) is -0.349. The number of nitro groups is 1. The first kappa shape index (κ1) is 25.7. The summed E-state index contributed by atoms with van der Waals surface area (Å²) < 4.78 is 32.3. The summed E-state index contributed by atoms with van der Waals surface area (Å²) in [6, 6.07) is 12.6. The van der Waals surface area contributed by atoms with Gasteiger partial charge in [0.1, 0.15) is 11.8 Å². The van der Waals surface area contributed by atoms with E-state index in [9.17, 15) is 28.1 Å². The molecule has 0 aliphatic rings. The molecule has 0 radical (unpaired) electrons. The lowest BCUT2D eigenvalue weighted by Gasteiger charge is -2.22.